The Labute approximate surface area is 170 Å². The Morgan fingerprint density at radius 3 is 2.32 bits per heavy atom. The molecule has 0 aliphatic rings. The largest absolute Gasteiger partial charge is 0.456 e. The minimum atomic E-state index is -0.579. The monoisotopic (exact) mass is 401 g/mol. The van der Waals surface area contributed by atoms with Crippen molar-refractivity contribution in [1.82, 2.24) is 5.32 Å². The number of benzene rings is 2. The minimum absolute atomic E-state index is 0.0184. The summed E-state index contributed by atoms with van der Waals surface area (Å²) in [6.45, 7) is 1.68. The standard InChI is InChI=1S/C22H24ClNO4/c1-2-6-19(16-7-4-3-5-8-16)24-21(26)15-28-22(27)14-13-20(25)17-9-11-18(23)12-10-17/h3-5,7-12,19H,2,6,13-15H2,1H3,(H,24,26)/t19-/m1/s1. The van der Waals surface area contributed by atoms with Crippen LogP contribution in [0.2, 0.25) is 5.02 Å². The molecule has 148 valence electrons. The van der Waals surface area contributed by atoms with Gasteiger partial charge in [-0.2, -0.15) is 0 Å². The maximum atomic E-state index is 12.1. The molecule has 5 nitrogen and oxygen atoms in total. The van der Waals surface area contributed by atoms with Crippen molar-refractivity contribution in [3.05, 3.63) is 70.7 Å². The van der Waals surface area contributed by atoms with E-state index in [0.717, 1.165) is 18.4 Å². The van der Waals surface area contributed by atoms with Gasteiger partial charge in [-0.05, 0) is 36.2 Å². The molecule has 0 aromatic heterocycles. The number of hydrogen-bond donors (Lipinski definition) is 1. The van der Waals surface area contributed by atoms with Crippen molar-refractivity contribution < 1.29 is 19.1 Å². The number of halogens is 1. The molecule has 1 amide bonds. The van der Waals surface area contributed by atoms with Gasteiger partial charge in [0.15, 0.2) is 12.4 Å². The second-order valence-corrected chi connectivity index (χ2v) is 6.85. The quantitative estimate of drug-likeness (QED) is 0.469. The molecule has 0 aliphatic carbocycles. The van der Waals surface area contributed by atoms with Crippen LogP contribution in [0.4, 0.5) is 0 Å². The predicted molar refractivity (Wildman–Crippen MR) is 108 cm³/mol. The van der Waals surface area contributed by atoms with Crippen molar-refractivity contribution in [2.75, 3.05) is 6.61 Å². The summed E-state index contributed by atoms with van der Waals surface area (Å²) in [5.74, 6) is -1.12. The van der Waals surface area contributed by atoms with E-state index in [1.54, 1.807) is 24.3 Å². The van der Waals surface area contributed by atoms with E-state index < -0.39 is 5.97 Å². The first kappa shape index (κ1) is 21.6. The predicted octanol–water partition coefficient (Wildman–Crippen LogP) is 4.50. The van der Waals surface area contributed by atoms with Gasteiger partial charge in [-0.1, -0.05) is 55.3 Å². The van der Waals surface area contributed by atoms with Gasteiger partial charge >= 0.3 is 5.97 Å². The van der Waals surface area contributed by atoms with Crippen molar-refractivity contribution in [3.8, 4) is 0 Å². The molecule has 1 atom stereocenters. The zero-order valence-electron chi connectivity index (χ0n) is 15.8. The summed E-state index contributed by atoms with van der Waals surface area (Å²) in [5, 5.41) is 3.43. The molecule has 0 unspecified atom stereocenters. The molecular formula is C22H24ClNO4. The van der Waals surface area contributed by atoms with E-state index in [-0.39, 0.29) is 37.2 Å². The van der Waals surface area contributed by atoms with Crippen molar-refractivity contribution in [2.45, 2.75) is 38.6 Å². The van der Waals surface area contributed by atoms with Crippen molar-refractivity contribution in [1.29, 1.82) is 0 Å². The molecule has 0 saturated heterocycles. The fourth-order valence-corrected chi connectivity index (χ4v) is 2.87. The number of carbonyl (C=O) groups is 3. The molecule has 0 bridgehead atoms. The first-order chi connectivity index (χ1) is 13.5. The third-order valence-corrected chi connectivity index (χ3v) is 4.45. The van der Waals surface area contributed by atoms with Gasteiger partial charge in [0.05, 0.1) is 12.5 Å². The van der Waals surface area contributed by atoms with E-state index in [1.165, 1.54) is 0 Å². The molecule has 0 radical (unpaired) electrons. The van der Waals surface area contributed by atoms with Crippen LogP contribution in [0, 0.1) is 0 Å². The molecule has 6 heteroatoms. The van der Waals surface area contributed by atoms with Crippen molar-refractivity contribution in [2.24, 2.45) is 0 Å². The van der Waals surface area contributed by atoms with Gasteiger partial charge in [0.1, 0.15) is 0 Å². The van der Waals surface area contributed by atoms with Gasteiger partial charge in [-0.15, -0.1) is 0 Å². The van der Waals surface area contributed by atoms with Crippen LogP contribution >= 0.6 is 11.6 Å². The highest BCUT2D eigenvalue weighted by atomic mass is 35.5. The summed E-state index contributed by atoms with van der Waals surface area (Å²) in [4.78, 5) is 36.0. The highest BCUT2D eigenvalue weighted by Crippen LogP contribution is 2.18. The van der Waals surface area contributed by atoms with Gasteiger partial charge in [0.25, 0.3) is 5.91 Å². The number of rotatable bonds is 10. The van der Waals surface area contributed by atoms with Gasteiger partial charge in [-0.3, -0.25) is 14.4 Å². The maximum Gasteiger partial charge on any atom is 0.306 e. The average molecular weight is 402 g/mol. The van der Waals surface area contributed by atoms with E-state index in [9.17, 15) is 14.4 Å². The van der Waals surface area contributed by atoms with Crippen LogP contribution in [0.5, 0.6) is 0 Å². The normalized spacial score (nSPS) is 11.5. The van der Waals surface area contributed by atoms with Gasteiger partial charge < -0.3 is 10.1 Å². The second-order valence-electron chi connectivity index (χ2n) is 6.41. The molecule has 28 heavy (non-hydrogen) atoms. The first-order valence-electron chi connectivity index (χ1n) is 9.28. The summed E-state index contributed by atoms with van der Waals surface area (Å²) in [7, 11) is 0. The Hall–Kier alpha value is -2.66. The lowest BCUT2D eigenvalue weighted by atomic mass is 10.0. The number of hydrogen-bond acceptors (Lipinski definition) is 4. The zero-order valence-corrected chi connectivity index (χ0v) is 16.6. The van der Waals surface area contributed by atoms with Crippen molar-refractivity contribution >= 4 is 29.3 Å². The van der Waals surface area contributed by atoms with Crippen LogP contribution < -0.4 is 5.32 Å². The van der Waals surface area contributed by atoms with Crippen LogP contribution in [-0.4, -0.2) is 24.3 Å². The number of nitrogens with one attached hydrogen (secondary N) is 1. The van der Waals surface area contributed by atoms with Crippen LogP contribution in [0.3, 0.4) is 0 Å². The van der Waals surface area contributed by atoms with E-state index in [2.05, 4.69) is 5.32 Å². The highest BCUT2D eigenvalue weighted by molar-refractivity contribution is 6.30. The summed E-state index contributed by atoms with van der Waals surface area (Å²) in [5.41, 5.74) is 1.50. The highest BCUT2D eigenvalue weighted by Gasteiger charge is 2.16. The molecule has 0 fully saturated rings. The Bertz CT molecular complexity index is 790. The third kappa shape index (κ3) is 7.16. The number of carbonyl (C=O) groups excluding carboxylic acids is 3. The molecule has 2 aromatic rings. The lowest BCUT2D eigenvalue weighted by Crippen LogP contribution is -2.32. The lowest BCUT2D eigenvalue weighted by Gasteiger charge is -2.18. The molecular weight excluding hydrogens is 378 g/mol. The first-order valence-corrected chi connectivity index (χ1v) is 9.66. The van der Waals surface area contributed by atoms with Gasteiger partial charge in [0.2, 0.25) is 0 Å². The van der Waals surface area contributed by atoms with Crippen molar-refractivity contribution in [3.63, 3.8) is 0 Å². The Balaban J connectivity index is 1.76. The smallest absolute Gasteiger partial charge is 0.306 e. The molecule has 0 saturated carbocycles. The molecule has 0 spiro atoms. The minimum Gasteiger partial charge on any atom is -0.456 e. The van der Waals surface area contributed by atoms with E-state index >= 15 is 0 Å². The second kappa shape index (κ2) is 11.2. The lowest BCUT2D eigenvalue weighted by molar-refractivity contribution is -0.148. The number of Topliss-reactive ketones (excluding diaryl/α,β-unsaturated/α-hetero) is 1. The molecule has 0 aliphatic heterocycles. The Kier molecular flexibility index (Phi) is 8.69. The number of amides is 1. The Morgan fingerprint density at radius 2 is 1.68 bits per heavy atom. The molecule has 2 aromatic carbocycles. The number of ether oxygens (including phenoxy) is 1. The maximum absolute atomic E-state index is 12.1. The topological polar surface area (TPSA) is 72.5 Å². The van der Waals surface area contributed by atoms with E-state index in [0.29, 0.717) is 10.6 Å². The van der Waals surface area contributed by atoms with Crippen LogP contribution in [-0.2, 0) is 14.3 Å². The zero-order chi connectivity index (χ0) is 20.4. The van der Waals surface area contributed by atoms with Gasteiger partial charge in [0, 0.05) is 17.0 Å². The summed E-state index contributed by atoms with van der Waals surface area (Å²) < 4.78 is 5.00. The fraction of sp³-hybridized carbons (Fsp3) is 0.318. The van der Waals surface area contributed by atoms with Gasteiger partial charge in [-0.25, -0.2) is 0 Å². The molecule has 0 heterocycles. The molecule has 1 N–H and O–H groups in total. The summed E-state index contributed by atoms with van der Waals surface area (Å²) in [6.07, 6.45) is 1.64. The average Bonchev–Trinajstić information content (AvgIpc) is 2.71. The SMILES string of the molecule is CCC[C@@H](NC(=O)COC(=O)CCC(=O)c1ccc(Cl)cc1)c1ccccc1. The van der Waals surface area contributed by atoms with Crippen LogP contribution in [0.15, 0.2) is 54.6 Å². The number of ketones is 1. The molecule has 2 rings (SSSR count). The van der Waals surface area contributed by atoms with E-state index in [4.69, 9.17) is 16.3 Å². The van der Waals surface area contributed by atoms with Crippen LogP contribution in [0.25, 0.3) is 0 Å². The fourth-order valence-electron chi connectivity index (χ4n) is 2.75. The summed E-state index contributed by atoms with van der Waals surface area (Å²) in [6, 6.07) is 16.0. The van der Waals surface area contributed by atoms with E-state index in [1.807, 2.05) is 37.3 Å². The third-order valence-electron chi connectivity index (χ3n) is 4.20. The van der Waals surface area contributed by atoms with Crippen LogP contribution in [0.1, 0.15) is 54.6 Å². The summed E-state index contributed by atoms with van der Waals surface area (Å²) >= 11 is 5.79. The Morgan fingerprint density at radius 1 is 1.00 bits per heavy atom. The number of esters is 1.